The Kier molecular flexibility index (Phi) is 10.7. The molecular formula is C39H36N2O10. The highest BCUT2D eigenvalue weighted by Crippen LogP contribution is 2.41. The van der Waals surface area contributed by atoms with Gasteiger partial charge in [0.25, 0.3) is 0 Å². The number of fused-ring (bicyclic) bond motifs is 3. The summed E-state index contributed by atoms with van der Waals surface area (Å²) in [5.74, 6) is -2.01. The molecule has 1 aliphatic rings. The second kappa shape index (κ2) is 15.7. The van der Waals surface area contributed by atoms with Gasteiger partial charge in [0.1, 0.15) is 18.4 Å². The standard InChI is InChI=1S/C39H36N2O10/c1-46-34(25-15-9-5-10-16-25)37(43)50-27-19-28-29-20-30(36(42)48-3)40-33(29)32(51-38(44)35(47-2)26-17-11-6-12-18-26)21-31(28)41(22-27)39(45)49-23-24-13-7-4-8-14-24/h4-18,20-21,27,34-35,40H,19,22-23H2,1-3H3/t27?,34-,35-/m1/s1. The van der Waals surface area contributed by atoms with Gasteiger partial charge in [0, 0.05) is 32.1 Å². The van der Waals surface area contributed by atoms with Gasteiger partial charge in [-0.05, 0) is 28.3 Å². The summed E-state index contributed by atoms with van der Waals surface area (Å²) in [6.07, 6.45) is -3.51. The zero-order valence-electron chi connectivity index (χ0n) is 28.2. The lowest BCUT2D eigenvalue weighted by Crippen LogP contribution is -2.45. The lowest BCUT2D eigenvalue weighted by atomic mass is 9.95. The van der Waals surface area contributed by atoms with Crippen molar-refractivity contribution in [3.63, 3.8) is 0 Å². The van der Waals surface area contributed by atoms with E-state index < -0.39 is 42.3 Å². The van der Waals surface area contributed by atoms with E-state index in [1.807, 2.05) is 42.5 Å². The van der Waals surface area contributed by atoms with E-state index in [1.54, 1.807) is 54.6 Å². The van der Waals surface area contributed by atoms with Crippen molar-refractivity contribution in [3.05, 3.63) is 131 Å². The van der Waals surface area contributed by atoms with E-state index in [4.69, 9.17) is 28.4 Å². The van der Waals surface area contributed by atoms with Crippen molar-refractivity contribution in [2.75, 3.05) is 32.8 Å². The molecule has 12 nitrogen and oxygen atoms in total. The number of esters is 3. The number of methoxy groups -OCH3 is 3. The molecule has 12 heteroatoms. The fraction of sp³-hybridized carbons (Fsp3) is 0.231. The van der Waals surface area contributed by atoms with Crippen molar-refractivity contribution >= 4 is 40.6 Å². The van der Waals surface area contributed by atoms with E-state index in [9.17, 15) is 19.2 Å². The van der Waals surface area contributed by atoms with Crippen LogP contribution in [0.3, 0.4) is 0 Å². The van der Waals surface area contributed by atoms with Crippen molar-refractivity contribution in [3.8, 4) is 5.75 Å². The molecule has 1 unspecified atom stereocenters. The monoisotopic (exact) mass is 692 g/mol. The van der Waals surface area contributed by atoms with Crippen LogP contribution in [0.5, 0.6) is 5.75 Å². The average Bonchev–Trinajstić information content (AvgIpc) is 3.62. The maximum absolute atomic E-state index is 13.9. The molecule has 262 valence electrons. The Labute approximate surface area is 293 Å². The quantitative estimate of drug-likeness (QED) is 0.0959. The molecule has 1 aliphatic heterocycles. The van der Waals surface area contributed by atoms with E-state index in [1.165, 1.54) is 32.3 Å². The topological polar surface area (TPSA) is 143 Å². The number of hydrogen-bond donors (Lipinski definition) is 1. The van der Waals surface area contributed by atoms with E-state index in [0.717, 1.165) is 5.56 Å². The van der Waals surface area contributed by atoms with Crippen molar-refractivity contribution in [1.82, 2.24) is 4.98 Å². The lowest BCUT2D eigenvalue weighted by Gasteiger charge is -2.35. The van der Waals surface area contributed by atoms with Crippen molar-refractivity contribution in [1.29, 1.82) is 0 Å². The van der Waals surface area contributed by atoms with Gasteiger partial charge >= 0.3 is 24.0 Å². The molecule has 0 radical (unpaired) electrons. The van der Waals surface area contributed by atoms with Crippen molar-refractivity contribution in [2.45, 2.75) is 31.3 Å². The van der Waals surface area contributed by atoms with Crippen LogP contribution in [-0.4, -0.2) is 63.0 Å². The van der Waals surface area contributed by atoms with Gasteiger partial charge in [-0.2, -0.15) is 0 Å². The predicted octanol–water partition coefficient (Wildman–Crippen LogP) is 6.25. The van der Waals surface area contributed by atoms with Gasteiger partial charge in [-0.3, -0.25) is 4.90 Å². The molecule has 3 atom stereocenters. The molecule has 6 rings (SSSR count). The summed E-state index contributed by atoms with van der Waals surface area (Å²) in [7, 11) is 4.05. The molecule has 0 bridgehead atoms. The summed E-state index contributed by atoms with van der Waals surface area (Å²) < 4.78 is 33.6. The molecule has 2 heterocycles. The van der Waals surface area contributed by atoms with Crippen molar-refractivity contribution < 1.29 is 47.6 Å². The van der Waals surface area contributed by atoms with Crippen LogP contribution in [0.15, 0.2) is 103 Å². The molecule has 1 aromatic heterocycles. The van der Waals surface area contributed by atoms with Gasteiger partial charge in [0.05, 0.1) is 24.9 Å². The summed E-state index contributed by atoms with van der Waals surface area (Å²) in [6, 6.07) is 30.0. The maximum Gasteiger partial charge on any atom is 0.414 e. The maximum atomic E-state index is 13.9. The fourth-order valence-corrected chi connectivity index (χ4v) is 6.09. The number of amides is 1. The van der Waals surface area contributed by atoms with Gasteiger partial charge in [-0.1, -0.05) is 91.0 Å². The largest absolute Gasteiger partial charge is 0.464 e. The number of nitrogens with one attached hydrogen (secondary N) is 1. The number of benzene rings is 4. The zero-order valence-corrected chi connectivity index (χ0v) is 28.2. The smallest absolute Gasteiger partial charge is 0.414 e. The Balaban J connectivity index is 1.40. The Bertz CT molecular complexity index is 2010. The number of carbonyl (C=O) groups is 4. The first-order valence-electron chi connectivity index (χ1n) is 16.1. The first-order chi connectivity index (χ1) is 24.8. The summed E-state index contributed by atoms with van der Waals surface area (Å²) in [4.78, 5) is 58.0. The van der Waals surface area contributed by atoms with Gasteiger partial charge in [-0.15, -0.1) is 0 Å². The lowest BCUT2D eigenvalue weighted by molar-refractivity contribution is -0.161. The van der Waals surface area contributed by atoms with Crippen LogP contribution < -0.4 is 9.64 Å². The third-order valence-corrected chi connectivity index (χ3v) is 8.50. The third kappa shape index (κ3) is 7.62. The van der Waals surface area contributed by atoms with Gasteiger partial charge < -0.3 is 33.4 Å². The summed E-state index contributed by atoms with van der Waals surface area (Å²) >= 11 is 0. The van der Waals surface area contributed by atoms with Crippen LogP contribution >= 0.6 is 0 Å². The molecule has 1 N–H and O–H groups in total. The summed E-state index contributed by atoms with van der Waals surface area (Å²) in [5, 5.41) is 0.442. The zero-order chi connectivity index (χ0) is 35.9. The minimum absolute atomic E-state index is 0.0248. The van der Waals surface area contributed by atoms with Crippen LogP contribution in [0.25, 0.3) is 10.9 Å². The highest BCUT2D eigenvalue weighted by molar-refractivity contribution is 6.04. The number of ether oxygens (including phenoxy) is 6. The molecule has 51 heavy (non-hydrogen) atoms. The van der Waals surface area contributed by atoms with Crippen LogP contribution in [0.1, 0.15) is 45.0 Å². The molecule has 4 aromatic carbocycles. The molecule has 1 amide bonds. The predicted molar refractivity (Wildman–Crippen MR) is 185 cm³/mol. The molecule has 0 saturated heterocycles. The highest BCUT2D eigenvalue weighted by atomic mass is 16.6. The van der Waals surface area contributed by atoms with E-state index in [2.05, 4.69) is 4.98 Å². The normalized spacial score (nSPS) is 15.0. The van der Waals surface area contributed by atoms with Crippen molar-refractivity contribution in [2.24, 2.45) is 0 Å². The first-order valence-corrected chi connectivity index (χ1v) is 16.1. The number of aromatic amines is 1. The van der Waals surface area contributed by atoms with Crippen LogP contribution in [0.4, 0.5) is 10.5 Å². The molecule has 0 spiro atoms. The van der Waals surface area contributed by atoms with Crippen LogP contribution in [0, 0.1) is 0 Å². The van der Waals surface area contributed by atoms with E-state index >= 15 is 0 Å². The number of anilines is 1. The second-order valence-electron chi connectivity index (χ2n) is 11.7. The molecular weight excluding hydrogens is 656 g/mol. The van der Waals surface area contributed by atoms with E-state index in [-0.39, 0.29) is 36.5 Å². The number of aromatic nitrogens is 1. The fourth-order valence-electron chi connectivity index (χ4n) is 6.09. The van der Waals surface area contributed by atoms with Gasteiger partial charge in [0.15, 0.2) is 18.0 Å². The molecule has 0 saturated carbocycles. The molecule has 0 fully saturated rings. The average molecular weight is 693 g/mol. The minimum atomic E-state index is -1.07. The number of carbonyl (C=O) groups excluding carboxylic acids is 4. The second-order valence-corrected chi connectivity index (χ2v) is 11.7. The SMILES string of the molecule is COC(=O)c1cc2c3c(cc(OC(=O)[C@H](OC)c4ccccc4)c2[nH]1)N(C(=O)OCc1ccccc1)CC(OC(=O)[C@H](OC)c1ccccc1)C3. The Hall–Kier alpha value is -5.98. The Morgan fingerprint density at radius 1 is 0.784 bits per heavy atom. The number of hydrogen-bond acceptors (Lipinski definition) is 10. The summed E-state index contributed by atoms with van der Waals surface area (Å²) in [5.41, 5.74) is 3.18. The third-order valence-electron chi connectivity index (χ3n) is 8.50. The number of H-pyrrole nitrogens is 1. The van der Waals surface area contributed by atoms with E-state index in [0.29, 0.717) is 27.8 Å². The molecule has 0 aliphatic carbocycles. The summed E-state index contributed by atoms with van der Waals surface area (Å²) in [6.45, 7) is -0.113. The van der Waals surface area contributed by atoms with Crippen LogP contribution in [-0.2, 0) is 46.3 Å². The highest BCUT2D eigenvalue weighted by Gasteiger charge is 2.37. The molecule has 5 aromatic rings. The van der Waals surface area contributed by atoms with Crippen LogP contribution in [0.2, 0.25) is 0 Å². The number of nitrogens with zero attached hydrogens (tertiary/aromatic N) is 1. The minimum Gasteiger partial charge on any atom is -0.464 e. The number of rotatable bonds is 11. The Morgan fingerprint density at radius 3 is 1.96 bits per heavy atom. The Morgan fingerprint density at radius 2 is 1.37 bits per heavy atom. The van der Waals surface area contributed by atoms with Gasteiger partial charge in [0.2, 0.25) is 0 Å². The van der Waals surface area contributed by atoms with Gasteiger partial charge in [-0.25, -0.2) is 19.2 Å². The first kappa shape index (κ1) is 34.9.